The van der Waals surface area contributed by atoms with E-state index in [1.54, 1.807) is 61.2 Å². The van der Waals surface area contributed by atoms with Crippen LogP contribution in [0.2, 0.25) is 5.02 Å². The van der Waals surface area contributed by atoms with Crippen molar-refractivity contribution in [1.82, 2.24) is 19.7 Å². The quantitative estimate of drug-likeness (QED) is 0.293. The molecular formula is C33H29ClFN5O4. The molecule has 2 aromatic carbocycles. The summed E-state index contributed by atoms with van der Waals surface area (Å²) >= 11 is 6.24. The number of aliphatic hydroxyl groups is 1. The van der Waals surface area contributed by atoms with Gasteiger partial charge in [-0.1, -0.05) is 30.7 Å². The number of nitriles is 1. The topological polar surface area (TPSA) is 121 Å². The molecular weight excluding hydrogens is 585 g/mol. The van der Waals surface area contributed by atoms with Crippen LogP contribution in [0.3, 0.4) is 0 Å². The Balaban J connectivity index is 1.58. The van der Waals surface area contributed by atoms with Gasteiger partial charge in [-0.05, 0) is 54.8 Å². The molecule has 2 aliphatic rings. The Hall–Kier alpha value is -4.43. The summed E-state index contributed by atoms with van der Waals surface area (Å²) in [6.45, 7) is 1.67. The maximum atomic E-state index is 16.8. The molecule has 6 rings (SSSR count). The number of carbonyl (C=O) groups is 2. The first-order chi connectivity index (χ1) is 21.1. The van der Waals surface area contributed by atoms with E-state index in [2.05, 4.69) is 10.1 Å². The minimum absolute atomic E-state index is 0.0173. The van der Waals surface area contributed by atoms with Crippen molar-refractivity contribution in [2.45, 2.75) is 56.6 Å². The van der Waals surface area contributed by atoms with Gasteiger partial charge in [0.1, 0.15) is 23.3 Å². The van der Waals surface area contributed by atoms with Gasteiger partial charge in [0.05, 0.1) is 41.2 Å². The van der Waals surface area contributed by atoms with E-state index in [9.17, 15) is 20.0 Å². The molecule has 0 radical (unpaired) electrons. The predicted molar refractivity (Wildman–Crippen MR) is 158 cm³/mol. The summed E-state index contributed by atoms with van der Waals surface area (Å²) in [5.74, 6) is -1.28. The second kappa shape index (κ2) is 11.2. The van der Waals surface area contributed by atoms with Crippen molar-refractivity contribution in [3.8, 4) is 6.07 Å². The summed E-state index contributed by atoms with van der Waals surface area (Å²) < 4.78 is 25.1. The highest BCUT2D eigenvalue weighted by atomic mass is 35.5. The fourth-order valence-electron chi connectivity index (χ4n) is 6.21. The molecule has 9 nitrogen and oxygen atoms in total. The lowest BCUT2D eigenvalue weighted by Gasteiger charge is -2.41. The molecule has 0 unspecified atom stereocenters. The third-order valence-electron chi connectivity index (χ3n) is 8.50. The minimum atomic E-state index is -1.79. The average Bonchev–Trinajstić information content (AvgIpc) is 3.71. The van der Waals surface area contributed by atoms with Crippen molar-refractivity contribution in [2.75, 3.05) is 0 Å². The number of carbonyl (C=O) groups excluding carboxylic acids is 2. The highest BCUT2D eigenvalue weighted by molar-refractivity contribution is 6.30. The molecule has 224 valence electrons. The Morgan fingerprint density at radius 1 is 1.18 bits per heavy atom. The largest absolute Gasteiger partial charge is 0.380 e. The molecule has 0 spiro atoms. The zero-order valence-corrected chi connectivity index (χ0v) is 24.9. The molecule has 0 bridgehead atoms. The molecule has 0 saturated heterocycles. The first-order valence-electron chi connectivity index (χ1n) is 14.3. The van der Waals surface area contributed by atoms with E-state index in [0.29, 0.717) is 40.2 Å². The monoisotopic (exact) mass is 613 g/mol. The number of hydrogen-bond acceptors (Lipinski definition) is 7. The van der Waals surface area contributed by atoms with E-state index in [4.69, 9.17) is 16.3 Å². The second-order valence-electron chi connectivity index (χ2n) is 11.2. The van der Waals surface area contributed by atoms with E-state index in [-0.39, 0.29) is 41.9 Å². The van der Waals surface area contributed by atoms with Crippen LogP contribution >= 0.6 is 11.6 Å². The Bertz CT molecular complexity index is 1800. The number of fused-ring (bicyclic) bond motifs is 1. The molecule has 3 atom stereocenters. The zero-order chi connectivity index (χ0) is 31.2. The van der Waals surface area contributed by atoms with Crippen LogP contribution in [0.15, 0.2) is 67.1 Å². The van der Waals surface area contributed by atoms with Crippen LogP contribution in [0.25, 0.3) is 0 Å². The van der Waals surface area contributed by atoms with Crippen LogP contribution in [0.1, 0.15) is 76.5 Å². The number of aromatic nitrogens is 3. The van der Waals surface area contributed by atoms with Crippen LogP contribution in [-0.2, 0) is 34.4 Å². The molecule has 2 aromatic heterocycles. The summed E-state index contributed by atoms with van der Waals surface area (Å²) in [7, 11) is 1.72. The van der Waals surface area contributed by atoms with Crippen molar-refractivity contribution in [3.05, 3.63) is 117 Å². The van der Waals surface area contributed by atoms with Crippen LogP contribution < -0.4 is 0 Å². The molecule has 1 aliphatic heterocycles. The van der Waals surface area contributed by atoms with Gasteiger partial charge in [-0.3, -0.25) is 24.2 Å². The summed E-state index contributed by atoms with van der Waals surface area (Å²) in [6.07, 6.45) is 5.01. The highest BCUT2D eigenvalue weighted by Gasteiger charge is 2.56. The van der Waals surface area contributed by atoms with Gasteiger partial charge in [-0.2, -0.15) is 10.4 Å². The van der Waals surface area contributed by atoms with E-state index in [0.717, 1.165) is 0 Å². The Morgan fingerprint density at radius 3 is 2.55 bits per heavy atom. The zero-order valence-electron chi connectivity index (χ0n) is 24.1. The third kappa shape index (κ3) is 4.87. The van der Waals surface area contributed by atoms with Gasteiger partial charge in [0.2, 0.25) is 5.72 Å². The Kier molecular flexibility index (Phi) is 7.58. The highest BCUT2D eigenvalue weighted by Crippen LogP contribution is 2.50. The number of nitrogens with zero attached hydrogens (tertiary/aromatic N) is 5. The molecule has 3 heterocycles. The number of ketones is 1. The molecule has 11 heteroatoms. The SMILES string of the molecule is CC[C@](O)(c1cc(F)c2c(c1)C(=O)N(Cc1ccc(C#N)cn1)[C@@]2(O[C@H]1CCC(=O)C1)c1ccc(Cl)cc1)c1cnn(C)c1. The number of rotatable bonds is 8. The van der Waals surface area contributed by atoms with Gasteiger partial charge >= 0.3 is 0 Å². The second-order valence-corrected chi connectivity index (χ2v) is 11.6. The first-order valence-corrected chi connectivity index (χ1v) is 14.7. The Morgan fingerprint density at radius 2 is 1.95 bits per heavy atom. The van der Waals surface area contributed by atoms with Gasteiger partial charge in [0.25, 0.3) is 5.91 Å². The summed E-state index contributed by atoms with van der Waals surface area (Å²) in [5.41, 5.74) is -1.55. The molecule has 1 fully saturated rings. The van der Waals surface area contributed by atoms with E-state index >= 15 is 4.39 Å². The predicted octanol–water partition coefficient (Wildman–Crippen LogP) is 5.12. The third-order valence-corrected chi connectivity index (χ3v) is 8.76. The summed E-state index contributed by atoms with van der Waals surface area (Å²) in [6, 6.07) is 14.6. The van der Waals surface area contributed by atoms with Crippen molar-refractivity contribution in [2.24, 2.45) is 7.05 Å². The molecule has 1 N–H and O–H groups in total. The number of hydrogen-bond donors (Lipinski definition) is 1. The smallest absolute Gasteiger partial charge is 0.257 e. The first kappa shape index (κ1) is 29.6. The summed E-state index contributed by atoms with van der Waals surface area (Å²) in [5, 5.41) is 25.7. The maximum Gasteiger partial charge on any atom is 0.257 e. The average molecular weight is 614 g/mol. The number of aryl methyl sites for hydroxylation is 1. The number of halogens is 2. The lowest BCUT2D eigenvalue weighted by molar-refractivity contribution is -0.149. The summed E-state index contributed by atoms with van der Waals surface area (Å²) in [4.78, 5) is 32.6. The number of ether oxygens (including phenoxy) is 1. The fourth-order valence-corrected chi connectivity index (χ4v) is 6.34. The van der Waals surface area contributed by atoms with E-state index in [1.165, 1.54) is 29.4 Å². The standard InChI is InChI=1S/C33H29ClFN5O4/c1-3-32(43,23-17-38-39(2)18-23)22-12-28-30(29(35)13-22)33(21-5-7-24(34)8-6-21,44-27-11-10-26(41)14-27)40(31(28)42)19-25-9-4-20(15-36)16-37-25/h4-9,12-13,16-18,27,43H,3,10-11,14,19H2,1-2H3/t27-,32-,33+/m0/s1. The molecule has 4 aromatic rings. The molecule has 1 saturated carbocycles. The van der Waals surface area contributed by atoms with Gasteiger partial charge in [-0.25, -0.2) is 4.39 Å². The maximum absolute atomic E-state index is 16.8. The minimum Gasteiger partial charge on any atom is -0.380 e. The van der Waals surface area contributed by atoms with Gasteiger partial charge in [0.15, 0.2) is 0 Å². The van der Waals surface area contributed by atoms with Crippen molar-refractivity contribution < 1.29 is 23.8 Å². The van der Waals surface area contributed by atoms with Gasteiger partial charge in [0, 0.05) is 48.4 Å². The number of pyridine rings is 1. The normalized spacial score (nSPS) is 20.9. The van der Waals surface area contributed by atoms with Crippen LogP contribution in [0, 0.1) is 17.1 Å². The number of benzene rings is 2. The van der Waals surface area contributed by atoms with Gasteiger partial charge < -0.3 is 9.84 Å². The van der Waals surface area contributed by atoms with Crippen molar-refractivity contribution in [1.29, 1.82) is 5.26 Å². The van der Waals surface area contributed by atoms with E-state index < -0.39 is 29.2 Å². The number of amides is 1. The van der Waals surface area contributed by atoms with Crippen LogP contribution in [0.5, 0.6) is 0 Å². The lowest BCUT2D eigenvalue weighted by atomic mass is 9.83. The fraction of sp³-hybridized carbons (Fsp3) is 0.303. The van der Waals surface area contributed by atoms with E-state index in [1.807, 2.05) is 6.07 Å². The Labute approximate surface area is 258 Å². The van der Waals surface area contributed by atoms with Crippen molar-refractivity contribution in [3.63, 3.8) is 0 Å². The van der Waals surface area contributed by atoms with Crippen LogP contribution in [0.4, 0.5) is 4.39 Å². The van der Waals surface area contributed by atoms with Gasteiger partial charge in [-0.15, -0.1) is 0 Å². The van der Waals surface area contributed by atoms with Crippen molar-refractivity contribution >= 4 is 23.3 Å². The molecule has 44 heavy (non-hydrogen) atoms. The molecule has 1 aliphatic carbocycles. The molecule has 1 amide bonds. The lowest BCUT2D eigenvalue weighted by Crippen LogP contribution is -2.48. The van der Waals surface area contributed by atoms with Crippen LogP contribution in [-0.4, -0.2) is 42.6 Å². The number of Topliss-reactive ketones (excluding diaryl/α,β-unsaturated/α-hetero) is 1.